The highest BCUT2D eigenvalue weighted by Gasteiger charge is 2.35. The van der Waals surface area contributed by atoms with Crippen LogP contribution in [0.4, 0.5) is 4.39 Å². The number of hydrogen-bond donors (Lipinski definition) is 0. The van der Waals surface area contributed by atoms with Gasteiger partial charge in [-0.3, -0.25) is 0 Å². The average Bonchev–Trinajstić information content (AvgIpc) is 2.74. The molecule has 1 aliphatic heterocycles. The normalized spacial score (nSPS) is 23.4. The zero-order valence-corrected chi connectivity index (χ0v) is 8.97. The molecule has 3 rings (SSSR count). The van der Waals surface area contributed by atoms with E-state index >= 15 is 0 Å². The number of alkyl halides is 1. The van der Waals surface area contributed by atoms with Gasteiger partial charge in [-0.25, -0.2) is 14.1 Å². The number of fused-ring (bicyclic) bond motifs is 1. The monoisotopic (exact) mass is 217 g/mol. The average molecular weight is 217 g/mol. The van der Waals surface area contributed by atoms with Crippen LogP contribution in [0.1, 0.15) is 23.3 Å². The highest BCUT2D eigenvalue weighted by molar-refractivity contribution is 5.24. The van der Waals surface area contributed by atoms with Gasteiger partial charge in [-0.05, 0) is 12.5 Å². The van der Waals surface area contributed by atoms with Crippen LogP contribution < -0.4 is 0 Å². The number of rotatable bonds is 1. The first-order chi connectivity index (χ1) is 7.75. The first-order valence-corrected chi connectivity index (χ1v) is 5.37. The Morgan fingerprint density at radius 2 is 2.06 bits per heavy atom. The van der Waals surface area contributed by atoms with E-state index in [1.54, 1.807) is 4.68 Å². The molecule has 2 unspecified atom stereocenters. The zero-order chi connectivity index (χ0) is 11.1. The Morgan fingerprint density at radius 1 is 1.31 bits per heavy atom. The highest BCUT2D eigenvalue weighted by atomic mass is 19.1. The van der Waals surface area contributed by atoms with E-state index in [0.29, 0.717) is 12.2 Å². The number of aromatic nitrogens is 3. The van der Waals surface area contributed by atoms with Crippen molar-refractivity contribution in [2.45, 2.75) is 25.6 Å². The predicted molar refractivity (Wildman–Crippen MR) is 57.9 cm³/mol. The maximum absolute atomic E-state index is 13.9. The van der Waals surface area contributed by atoms with Crippen LogP contribution in [0.15, 0.2) is 30.3 Å². The molecule has 2 heterocycles. The molecule has 0 aliphatic carbocycles. The Bertz CT molecular complexity index is 506. The minimum atomic E-state index is -0.919. The summed E-state index contributed by atoms with van der Waals surface area (Å²) in [6, 6.07) is 9.33. The Labute approximate surface area is 92.9 Å². The Hall–Kier alpha value is -1.71. The summed E-state index contributed by atoms with van der Waals surface area (Å²) < 4.78 is 15.6. The van der Waals surface area contributed by atoms with Gasteiger partial charge in [-0.2, -0.15) is 5.10 Å². The molecule has 82 valence electrons. The third kappa shape index (κ3) is 1.33. The summed E-state index contributed by atoms with van der Waals surface area (Å²) in [4.78, 5) is 4.23. The molecule has 1 aromatic carbocycles. The van der Waals surface area contributed by atoms with Crippen molar-refractivity contribution >= 4 is 0 Å². The first-order valence-electron chi connectivity index (χ1n) is 5.37. The summed E-state index contributed by atoms with van der Waals surface area (Å²) in [5.41, 5.74) is 0.957. The van der Waals surface area contributed by atoms with Crippen LogP contribution in [0.3, 0.4) is 0 Å². The molecule has 0 spiro atoms. The standard InChI is InChI=1S/C12H12FN3/c1-8-14-11-7-10(13)12(16(11)15-8)9-5-3-2-4-6-9/h2-6,10,12H,7H2,1H3. The van der Waals surface area contributed by atoms with Crippen molar-refractivity contribution in [1.82, 2.24) is 14.8 Å². The third-order valence-corrected chi connectivity index (χ3v) is 2.93. The van der Waals surface area contributed by atoms with E-state index in [9.17, 15) is 4.39 Å². The molecule has 4 heteroatoms. The molecule has 2 atom stereocenters. The number of nitrogens with zero attached hydrogens (tertiary/aromatic N) is 3. The number of benzene rings is 1. The number of aryl methyl sites for hydroxylation is 1. The molecule has 2 aromatic rings. The number of hydrogen-bond acceptors (Lipinski definition) is 2. The maximum atomic E-state index is 13.9. The smallest absolute Gasteiger partial charge is 0.147 e. The molecule has 3 nitrogen and oxygen atoms in total. The predicted octanol–water partition coefficient (Wildman–Crippen LogP) is 2.07. The van der Waals surface area contributed by atoms with E-state index in [1.165, 1.54) is 0 Å². The van der Waals surface area contributed by atoms with Crippen molar-refractivity contribution in [1.29, 1.82) is 0 Å². The Morgan fingerprint density at radius 3 is 2.81 bits per heavy atom. The molecule has 1 aromatic heterocycles. The molecule has 0 N–H and O–H groups in total. The van der Waals surface area contributed by atoms with Gasteiger partial charge in [-0.15, -0.1) is 0 Å². The van der Waals surface area contributed by atoms with Gasteiger partial charge in [0.15, 0.2) is 0 Å². The van der Waals surface area contributed by atoms with Crippen molar-refractivity contribution in [3.63, 3.8) is 0 Å². The fourth-order valence-electron chi connectivity index (χ4n) is 2.28. The molecule has 0 saturated carbocycles. The van der Waals surface area contributed by atoms with Crippen LogP contribution in [0.5, 0.6) is 0 Å². The van der Waals surface area contributed by atoms with Gasteiger partial charge in [-0.1, -0.05) is 30.3 Å². The first kappa shape index (κ1) is 9.51. The van der Waals surface area contributed by atoms with Gasteiger partial charge < -0.3 is 0 Å². The Kier molecular flexibility index (Phi) is 2.02. The van der Waals surface area contributed by atoms with E-state index < -0.39 is 6.17 Å². The third-order valence-electron chi connectivity index (χ3n) is 2.93. The van der Waals surface area contributed by atoms with Crippen LogP contribution >= 0.6 is 0 Å². The molecule has 16 heavy (non-hydrogen) atoms. The second-order valence-electron chi connectivity index (χ2n) is 4.10. The van der Waals surface area contributed by atoms with E-state index in [1.807, 2.05) is 37.3 Å². The number of halogens is 1. The fraction of sp³-hybridized carbons (Fsp3) is 0.333. The van der Waals surface area contributed by atoms with Gasteiger partial charge in [0.1, 0.15) is 23.9 Å². The molecule has 0 saturated heterocycles. The second kappa shape index (κ2) is 3.40. The van der Waals surface area contributed by atoms with E-state index in [4.69, 9.17) is 0 Å². The largest absolute Gasteiger partial charge is 0.244 e. The van der Waals surface area contributed by atoms with E-state index in [0.717, 1.165) is 11.4 Å². The Balaban J connectivity index is 2.08. The summed E-state index contributed by atoms with van der Waals surface area (Å²) in [5, 5.41) is 4.26. The molecular formula is C12H12FN3. The van der Waals surface area contributed by atoms with Crippen LogP contribution in [-0.4, -0.2) is 20.9 Å². The minimum absolute atomic E-state index is 0.308. The topological polar surface area (TPSA) is 30.7 Å². The maximum Gasteiger partial charge on any atom is 0.147 e. The fourth-order valence-corrected chi connectivity index (χ4v) is 2.28. The highest BCUT2D eigenvalue weighted by Crippen LogP contribution is 2.32. The van der Waals surface area contributed by atoms with Crippen molar-refractivity contribution in [2.24, 2.45) is 0 Å². The van der Waals surface area contributed by atoms with Gasteiger partial charge in [0.25, 0.3) is 0 Å². The lowest BCUT2D eigenvalue weighted by atomic mass is 10.0. The zero-order valence-electron chi connectivity index (χ0n) is 8.97. The molecule has 1 aliphatic rings. The van der Waals surface area contributed by atoms with Crippen molar-refractivity contribution < 1.29 is 4.39 Å². The lowest BCUT2D eigenvalue weighted by molar-refractivity contribution is 0.283. The molecular weight excluding hydrogens is 205 g/mol. The summed E-state index contributed by atoms with van der Waals surface area (Å²) in [6.07, 6.45) is -0.557. The van der Waals surface area contributed by atoms with Crippen LogP contribution in [0.2, 0.25) is 0 Å². The molecule has 0 fully saturated rings. The summed E-state index contributed by atoms with van der Waals surface area (Å²) in [6.45, 7) is 1.83. The summed E-state index contributed by atoms with van der Waals surface area (Å²) >= 11 is 0. The van der Waals surface area contributed by atoms with Crippen molar-refractivity contribution in [3.8, 4) is 0 Å². The van der Waals surface area contributed by atoms with Crippen LogP contribution in [-0.2, 0) is 6.42 Å². The summed E-state index contributed by atoms with van der Waals surface area (Å²) in [7, 11) is 0. The van der Waals surface area contributed by atoms with E-state index in [-0.39, 0.29) is 6.04 Å². The lowest BCUT2D eigenvalue weighted by Gasteiger charge is -2.14. The van der Waals surface area contributed by atoms with Crippen LogP contribution in [0, 0.1) is 6.92 Å². The summed E-state index contributed by atoms with van der Waals surface area (Å²) in [5.74, 6) is 1.46. The van der Waals surface area contributed by atoms with Crippen molar-refractivity contribution in [3.05, 3.63) is 47.5 Å². The SMILES string of the molecule is Cc1nc2n(n1)C(c1ccccc1)C(F)C2. The second-order valence-corrected chi connectivity index (χ2v) is 4.10. The van der Waals surface area contributed by atoms with Crippen molar-refractivity contribution in [2.75, 3.05) is 0 Å². The minimum Gasteiger partial charge on any atom is -0.244 e. The van der Waals surface area contributed by atoms with E-state index in [2.05, 4.69) is 10.1 Å². The van der Waals surface area contributed by atoms with Gasteiger partial charge >= 0.3 is 0 Å². The van der Waals surface area contributed by atoms with Gasteiger partial charge in [0.05, 0.1) is 0 Å². The van der Waals surface area contributed by atoms with Gasteiger partial charge in [0, 0.05) is 6.42 Å². The van der Waals surface area contributed by atoms with Gasteiger partial charge in [0.2, 0.25) is 0 Å². The molecule has 0 amide bonds. The quantitative estimate of drug-likeness (QED) is 0.732. The lowest BCUT2D eigenvalue weighted by Crippen LogP contribution is -2.16. The van der Waals surface area contributed by atoms with Crippen LogP contribution in [0.25, 0.3) is 0 Å². The molecule has 0 bridgehead atoms. The molecule has 0 radical (unpaired) electrons.